The molecular weight excluding hydrogens is 385 g/mol. The van der Waals surface area contributed by atoms with E-state index < -0.39 is 11.7 Å². The first-order chi connectivity index (χ1) is 11.9. The van der Waals surface area contributed by atoms with Crippen molar-refractivity contribution in [2.75, 3.05) is 0 Å². The lowest BCUT2D eigenvalue weighted by Crippen LogP contribution is -2.09. The Morgan fingerprint density at radius 1 is 0.920 bits per heavy atom. The summed E-state index contributed by atoms with van der Waals surface area (Å²) in [6, 6.07) is 4.41. The lowest BCUT2D eigenvalue weighted by molar-refractivity contribution is 0.0485. The van der Waals surface area contributed by atoms with Crippen LogP contribution in [0, 0.1) is 19.7 Å². The van der Waals surface area contributed by atoms with Crippen LogP contribution in [0.2, 0.25) is 0 Å². The first-order valence-electron chi connectivity index (χ1n) is 7.43. The highest BCUT2D eigenvalue weighted by Crippen LogP contribution is 2.58. The van der Waals surface area contributed by atoms with E-state index in [0.717, 1.165) is 16.6 Å². The van der Waals surface area contributed by atoms with Crippen LogP contribution >= 0.6 is 34.4 Å². The Balaban J connectivity index is 1.78. The molecule has 1 aliphatic carbocycles. The number of benzene rings is 1. The van der Waals surface area contributed by atoms with Crippen LogP contribution in [-0.4, -0.2) is 8.75 Å². The number of halogens is 3. The molecule has 0 amide bonds. The Labute approximate surface area is 152 Å². The Kier molecular flexibility index (Phi) is 3.03. The molecule has 1 aromatic carbocycles. The molecule has 25 heavy (non-hydrogen) atoms. The number of aryl methyl sites for hydroxylation is 2. The topological polar surface area (TPSA) is 25.8 Å². The van der Waals surface area contributed by atoms with Crippen molar-refractivity contribution in [3.63, 3.8) is 0 Å². The molecule has 0 fully saturated rings. The molecule has 0 unspecified atom stereocenters. The predicted molar refractivity (Wildman–Crippen MR) is 96.5 cm³/mol. The lowest BCUT2D eigenvalue weighted by atomic mass is 10.1. The second-order valence-corrected chi connectivity index (χ2v) is 8.86. The maximum absolute atomic E-state index is 14.8. The van der Waals surface area contributed by atoms with Gasteiger partial charge in [-0.3, -0.25) is 0 Å². The quantitative estimate of drug-likeness (QED) is 0.375. The fourth-order valence-electron chi connectivity index (χ4n) is 3.20. The third kappa shape index (κ3) is 1.95. The highest BCUT2D eigenvalue weighted by atomic mass is 32.1. The van der Waals surface area contributed by atoms with E-state index in [9.17, 15) is 13.2 Å². The summed E-state index contributed by atoms with van der Waals surface area (Å²) >= 11 is 3.64. The molecule has 0 radical (unpaired) electrons. The molecule has 0 N–H and O–H groups in total. The van der Waals surface area contributed by atoms with Crippen molar-refractivity contribution < 1.29 is 13.2 Å². The van der Waals surface area contributed by atoms with Crippen molar-refractivity contribution in [3.05, 3.63) is 45.6 Å². The lowest BCUT2D eigenvalue weighted by Gasteiger charge is -2.09. The summed E-state index contributed by atoms with van der Waals surface area (Å²) < 4.78 is 52.2. The third-order valence-electron chi connectivity index (χ3n) is 4.46. The van der Waals surface area contributed by atoms with Gasteiger partial charge in [-0.15, -0.1) is 22.7 Å². The smallest absolute Gasteiger partial charge is 0.207 e. The fraction of sp³-hybridized carbons (Fsp3) is 0.176. The molecule has 126 valence electrons. The van der Waals surface area contributed by atoms with Gasteiger partial charge in [0.2, 0.25) is 0 Å². The van der Waals surface area contributed by atoms with Gasteiger partial charge in [-0.2, -0.15) is 17.5 Å². The summed E-state index contributed by atoms with van der Waals surface area (Å²) in [5, 5.41) is 0. The van der Waals surface area contributed by atoms with E-state index in [1.165, 1.54) is 34.8 Å². The molecule has 3 aromatic heterocycles. The van der Waals surface area contributed by atoms with Crippen molar-refractivity contribution in [2.24, 2.45) is 0 Å². The number of nitrogens with zero attached hydrogens (tertiary/aromatic N) is 2. The third-order valence-corrected chi connectivity index (χ3v) is 7.38. The maximum Gasteiger partial charge on any atom is 0.301 e. The van der Waals surface area contributed by atoms with Gasteiger partial charge in [-0.25, -0.2) is 4.39 Å². The predicted octanol–water partition coefficient (Wildman–Crippen LogP) is 6.36. The van der Waals surface area contributed by atoms with Crippen molar-refractivity contribution >= 4 is 45.4 Å². The van der Waals surface area contributed by atoms with Crippen LogP contribution in [0.1, 0.15) is 21.6 Å². The second kappa shape index (κ2) is 4.90. The summed E-state index contributed by atoms with van der Waals surface area (Å²) in [4.78, 5) is 2.65. The Morgan fingerprint density at radius 2 is 1.60 bits per heavy atom. The van der Waals surface area contributed by atoms with Crippen LogP contribution in [0.5, 0.6) is 0 Å². The highest BCUT2D eigenvalue weighted by molar-refractivity contribution is 7.24. The van der Waals surface area contributed by atoms with Gasteiger partial charge < -0.3 is 0 Å². The van der Waals surface area contributed by atoms with Gasteiger partial charge in [-0.1, -0.05) is 0 Å². The monoisotopic (exact) mass is 394 g/mol. The van der Waals surface area contributed by atoms with Gasteiger partial charge in [-0.05, 0) is 32.0 Å². The fourth-order valence-corrected chi connectivity index (χ4v) is 6.23. The molecule has 0 saturated heterocycles. The molecule has 0 atom stereocenters. The van der Waals surface area contributed by atoms with Crippen molar-refractivity contribution in [3.8, 4) is 20.2 Å². The van der Waals surface area contributed by atoms with E-state index in [1.807, 2.05) is 6.92 Å². The normalized spacial score (nSPS) is 14.9. The Hall–Kier alpha value is -1.77. The average Bonchev–Trinajstić information content (AvgIpc) is 3.29. The molecule has 0 saturated carbocycles. The number of rotatable bonds is 1. The van der Waals surface area contributed by atoms with Gasteiger partial charge in [0.15, 0.2) is 0 Å². The van der Waals surface area contributed by atoms with Crippen LogP contribution in [0.3, 0.4) is 0 Å². The molecule has 0 aliphatic heterocycles. The van der Waals surface area contributed by atoms with Crippen LogP contribution in [0.25, 0.3) is 31.2 Å². The van der Waals surface area contributed by atoms with E-state index in [0.29, 0.717) is 36.8 Å². The summed E-state index contributed by atoms with van der Waals surface area (Å²) in [5.74, 6) is -3.41. The minimum Gasteiger partial charge on any atom is -0.207 e. The standard InChI is InChI=1S/C17H9F3N2S3/c1-6-3-9-15(23-6)16-10(17(9,19)20)5-12(24-16)8-4-11(18)7(2)13-14(8)22-25-21-13/h3-5H,1-2H3. The maximum atomic E-state index is 14.8. The molecular formula is C17H9F3N2S3. The zero-order valence-corrected chi connectivity index (χ0v) is 15.4. The van der Waals surface area contributed by atoms with Gasteiger partial charge in [0.05, 0.1) is 21.5 Å². The average molecular weight is 394 g/mol. The van der Waals surface area contributed by atoms with Gasteiger partial charge in [0.25, 0.3) is 0 Å². The van der Waals surface area contributed by atoms with E-state index in [-0.39, 0.29) is 11.1 Å². The minimum absolute atomic E-state index is 0.00562. The summed E-state index contributed by atoms with van der Waals surface area (Å²) in [6.07, 6.45) is 0. The van der Waals surface area contributed by atoms with Crippen LogP contribution in [-0.2, 0) is 5.92 Å². The summed E-state index contributed by atoms with van der Waals surface area (Å²) in [7, 11) is 0. The number of fused-ring (bicyclic) bond motifs is 4. The van der Waals surface area contributed by atoms with Crippen LogP contribution in [0.4, 0.5) is 13.2 Å². The van der Waals surface area contributed by atoms with E-state index in [1.54, 1.807) is 13.0 Å². The molecule has 5 rings (SSSR count). The van der Waals surface area contributed by atoms with Crippen molar-refractivity contribution in [2.45, 2.75) is 19.8 Å². The first-order valence-corrected chi connectivity index (χ1v) is 9.79. The van der Waals surface area contributed by atoms with Crippen LogP contribution < -0.4 is 0 Å². The van der Waals surface area contributed by atoms with Crippen molar-refractivity contribution in [1.82, 2.24) is 8.75 Å². The Morgan fingerprint density at radius 3 is 2.40 bits per heavy atom. The van der Waals surface area contributed by atoms with Crippen molar-refractivity contribution in [1.29, 1.82) is 0 Å². The van der Waals surface area contributed by atoms with Gasteiger partial charge >= 0.3 is 5.92 Å². The number of thiophene rings is 2. The zero-order valence-electron chi connectivity index (χ0n) is 13.0. The summed E-state index contributed by atoms with van der Waals surface area (Å²) in [6.45, 7) is 3.47. The minimum atomic E-state index is -3.01. The highest BCUT2D eigenvalue weighted by Gasteiger charge is 2.47. The molecule has 3 heterocycles. The first kappa shape index (κ1) is 15.5. The van der Waals surface area contributed by atoms with Gasteiger partial charge in [0.1, 0.15) is 16.9 Å². The molecule has 0 spiro atoms. The number of aromatic nitrogens is 2. The number of hydrogen-bond acceptors (Lipinski definition) is 5. The molecule has 1 aliphatic rings. The zero-order chi connectivity index (χ0) is 17.5. The second-order valence-electron chi connectivity index (χ2n) is 6.02. The van der Waals surface area contributed by atoms with E-state index in [4.69, 9.17) is 0 Å². The summed E-state index contributed by atoms with van der Waals surface area (Å²) in [5.41, 5.74) is 2.10. The molecule has 4 aromatic rings. The van der Waals surface area contributed by atoms with E-state index >= 15 is 0 Å². The number of alkyl halides is 2. The van der Waals surface area contributed by atoms with E-state index in [2.05, 4.69) is 8.75 Å². The van der Waals surface area contributed by atoms with Gasteiger partial charge in [0, 0.05) is 32.0 Å². The molecule has 2 nitrogen and oxygen atoms in total. The largest absolute Gasteiger partial charge is 0.301 e. The SMILES string of the molecule is Cc1cc2c(s1)-c1sc(-c3cc(F)c(C)c4nsnc34)cc1C2(F)F. The Bertz CT molecular complexity index is 1170. The molecule has 8 heteroatoms. The number of hydrogen-bond donors (Lipinski definition) is 0. The van der Waals surface area contributed by atoms with Crippen LogP contribution in [0.15, 0.2) is 18.2 Å². The molecule has 0 bridgehead atoms.